The minimum Gasteiger partial charge on any atom is -0.256 e. The maximum atomic E-state index is 5.24. The van der Waals surface area contributed by atoms with Crippen molar-refractivity contribution >= 4 is 0 Å². The van der Waals surface area contributed by atoms with Gasteiger partial charge in [0.1, 0.15) is 0 Å². The van der Waals surface area contributed by atoms with Gasteiger partial charge < -0.3 is 0 Å². The van der Waals surface area contributed by atoms with E-state index in [0.717, 1.165) is 39.1 Å². The molecule has 0 unspecified atom stereocenters. The van der Waals surface area contributed by atoms with Crippen molar-refractivity contribution in [3.63, 3.8) is 0 Å². The number of aromatic nitrogens is 4. The molecule has 0 atom stereocenters. The summed E-state index contributed by atoms with van der Waals surface area (Å²) in [5.74, 6) is 1.96. The first-order chi connectivity index (χ1) is 30.0. The lowest BCUT2D eigenvalue weighted by Gasteiger charge is -2.44. The molecular weight excluding hydrogens is 765 g/mol. The highest BCUT2D eigenvalue weighted by atomic mass is 15.0. The summed E-state index contributed by atoms with van der Waals surface area (Å²) in [5.41, 5.74) is 20.5. The van der Waals surface area contributed by atoms with Gasteiger partial charge in [0.2, 0.25) is 0 Å². The minimum atomic E-state index is -0.0837. The Morgan fingerprint density at radius 3 is 1.25 bits per heavy atom. The summed E-state index contributed by atoms with van der Waals surface area (Å²) < 4.78 is 0. The number of hydrogen-bond acceptors (Lipinski definition) is 4. The van der Waals surface area contributed by atoms with Crippen LogP contribution in [0.1, 0.15) is 103 Å². The first-order valence-corrected chi connectivity index (χ1v) is 22.5. The van der Waals surface area contributed by atoms with Crippen LogP contribution in [-0.4, -0.2) is 19.9 Å². The third-order valence-electron chi connectivity index (χ3n) is 16.3. The molecular formula is C59H54N4. The van der Waals surface area contributed by atoms with Crippen LogP contribution in [0.4, 0.5) is 0 Å². The highest BCUT2D eigenvalue weighted by Gasteiger charge is 2.56. The molecule has 0 N–H and O–H groups in total. The van der Waals surface area contributed by atoms with Gasteiger partial charge in [0.25, 0.3) is 0 Å². The number of rotatable bonds is 5. The van der Waals surface area contributed by atoms with Crippen molar-refractivity contribution in [1.82, 2.24) is 19.9 Å². The summed E-state index contributed by atoms with van der Waals surface area (Å²) >= 11 is 0. The van der Waals surface area contributed by atoms with Crippen molar-refractivity contribution in [3.05, 3.63) is 179 Å². The average molecular weight is 819 g/mol. The predicted molar refractivity (Wildman–Crippen MR) is 260 cm³/mol. The maximum Gasteiger partial charge on any atom is 0.164 e. The van der Waals surface area contributed by atoms with E-state index in [4.69, 9.17) is 19.9 Å². The summed E-state index contributed by atoms with van der Waals surface area (Å²) in [6.45, 7) is 23.6. The van der Waals surface area contributed by atoms with Crippen molar-refractivity contribution in [2.45, 2.75) is 90.9 Å². The Balaban J connectivity index is 0.967. The molecule has 2 aromatic heterocycles. The molecule has 8 aromatic rings. The van der Waals surface area contributed by atoms with E-state index in [1.165, 1.54) is 55.6 Å². The zero-order chi connectivity index (χ0) is 43.8. The Morgan fingerprint density at radius 2 is 0.730 bits per heavy atom. The second-order valence-corrected chi connectivity index (χ2v) is 20.8. The molecule has 4 nitrogen and oxygen atoms in total. The van der Waals surface area contributed by atoms with Gasteiger partial charge in [0, 0.05) is 44.8 Å². The minimum absolute atomic E-state index is 0.0403. The molecule has 0 amide bonds. The van der Waals surface area contributed by atoms with Crippen LogP contribution >= 0.6 is 0 Å². The first-order valence-electron chi connectivity index (χ1n) is 22.5. The van der Waals surface area contributed by atoms with E-state index >= 15 is 0 Å². The quantitative estimate of drug-likeness (QED) is 0.174. The van der Waals surface area contributed by atoms with Gasteiger partial charge in [-0.2, -0.15) is 0 Å². The molecule has 0 aliphatic heterocycles. The van der Waals surface area contributed by atoms with Crippen LogP contribution in [-0.2, 0) is 21.7 Å². The molecule has 3 aliphatic carbocycles. The molecule has 3 aliphatic rings. The number of fused-ring (bicyclic) bond motifs is 7. The fraction of sp³-hybridized carbons (Fsp3) is 0.254. The second kappa shape index (κ2) is 13.3. The fourth-order valence-corrected chi connectivity index (χ4v) is 11.2. The van der Waals surface area contributed by atoms with Crippen LogP contribution in [0.2, 0.25) is 0 Å². The molecule has 63 heavy (non-hydrogen) atoms. The van der Waals surface area contributed by atoms with Gasteiger partial charge in [-0.05, 0) is 102 Å². The Hall–Kier alpha value is -6.52. The number of pyridine rings is 1. The Bertz CT molecular complexity index is 3060. The van der Waals surface area contributed by atoms with E-state index in [0.29, 0.717) is 17.5 Å². The number of hydrogen-bond donors (Lipinski definition) is 0. The van der Waals surface area contributed by atoms with Crippen molar-refractivity contribution in [2.75, 3.05) is 0 Å². The SMILES string of the molecule is CC1(C)c2ccccc2-c2cc(-c3nc(-c4ccc(-c5ccc(-c6ccc7c(c6)C(C)(C)C(C)(C)C7(C)C)nc5)cc4)nc(-c4ccc5c(c4)-c4ccccc4C5(C)C)n3)ccc21. The average Bonchev–Trinajstić information content (AvgIpc) is 3.71. The molecule has 0 fully saturated rings. The van der Waals surface area contributed by atoms with E-state index < -0.39 is 0 Å². The van der Waals surface area contributed by atoms with Crippen LogP contribution < -0.4 is 0 Å². The van der Waals surface area contributed by atoms with Gasteiger partial charge in [0.05, 0.1) is 5.69 Å². The summed E-state index contributed by atoms with van der Waals surface area (Å²) in [6, 6.07) is 50.8. The van der Waals surface area contributed by atoms with E-state index in [1.807, 2.05) is 6.20 Å². The van der Waals surface area contributed by atoms with E-state index in [2.05, 4.69) is 209 Å². The highest BCUT2D eigenvalue weighted by molar-refractivity contribution is 5.86. The molecule has 0 saturated heterocycles. The Labute approximate surface area is 372 Å². The van der Waals surface area contributed by atoms with E-state index in [1.54, 1.807) is 0 Å². The lowest BCUT2D eigenvalue weighted by Crippen LogP contribution is -2.42. The zero-order valence-electron chi connectivity index (χ0n) is 38.1. The van der Waals surface area contributed by atoms with Crippen molar-refractivity contribution in [1.29, 1.82) is 0 Å². The van der Waals surface area contributed by atoms with Crippen LogP contribution in [0.5, 0.6) is 0 Å². The molecule has 0 spiro atoms. The third kappa shape index (κ3) is 5.59. The standard InChI is InChI=1S/C59H54N4/c1-55(2)45-17-13-11-15-41(45)43-31-38(24-27-47(43)55)53-61-52(62-54(63-53)39-25-28-48-44(32-39)42-16-12-14-18-46(42)56(48,3)4)36-21-19-35(20-22-36)40-26-30-51(60-34-40)37-23-29-49-50(33-37)58(7,8)59(9,10)57(49,5)6/h11-34H,1-10H3. The predicted octanol–water partition coefficient (Wildman–Crippen LogP) is 14.8. The molecule has 0 saturated carbocycles. The highest BCUT2D eigenvalue weighted by Crippen LogP contribution is 2.62. The number of benzene rings is 6. The van der Waals surface area contributed by atoms with E-state index in [9.17, 15) is 0 Å². The van der Waals surface area contributed by atoms with Crippen molar-refractivity contribution in [3.8, 4) is 78.8 Å². The molecule has 2 heterocycles. The Kier molecular flexibility index (Phi) is 8.27. The summed E-state index contributed by atoms with van der Waals surface area (Å²) in [5, 5.41) is 0. The molecule has 0 bridgehead atoms. The molecule has 0 radical (unpaired) electrons. The van der Waals surface area contributed by atoms with Crippen molar-refractivity contribution < 1.29 is 0 Å². The smallest absolute Gasteiger partial charge is 0.164 e. The Morgan fingerprint density at radius 1 is 0.317 bits per heavy atom. The normalized spacial score (nSPS) is 17.4. The molecule has 310 valence electrons. The van der Waals surface area contributed by atoms with Gasteiger partial charge in [0.15, 0.2) is 17.5 Å². The molecule has 11 rings (SSSR count). The summed E-state index contributed by atoms with van der Waals surface area (Å²) in [6.07, 6.45) is 2.00. The number of nitrogens with zero attached hydrogens (tertiary/aromatic N) is 4. The van der Waals surface area contributed by atoms with Crippen LogP contribution in [0.15, 0.2) is 146 Å². The summed E-state index contributed by atoms with van der Waals surface area (Å²) in [4.78, 5) is 20.7. The lowest BCUT2D eigenvalue weighted by atomic mass is 9.59. The largest absolute Gasteiger partial charge is 0.256 e. The van der Waals surface area contributed by atoms with Crippen molar-refractivity contribution in [2.24, 2.45) is 5.41 Å². The molecule has 4 heteroatoms. The zero-order valence-corrected chi connectivity index (χ0v) is 38.1. The van der Waals surface area contributed by atoms with Gasteiger partial charge in [-0.3, -0.25) is 4.98 Å². The first kappa shape index (κ1) is 39.3. The van der Waals surface area contributed by atoms with Gasteiger partial charge in [-0.1, -0.05) is 184 Å². The van der Waals surface area contributed by atoms with Gasteiger partial charge >= 0.3 is 0 Å². The third-order valence-corrected chi connectivity index (χ3v) is 16.3. The maximum absolute atomic E-state index is 5.24. The van der Waals surface area contributed by atoms with Crippen LogP contribution in [0, 0.1) is 5.41 Å². The topological polar surface area (TPSA) is 51.6 Å². The van der Waals surface area contributed by atoms with Crippen LogP contribution in [0.3, 0.4) is 0 Å². The van der Waals surface area contributed by atoms with Gasteiger partial charge in [-0.25, -0.2) is 15.0 Å². The monoisotopic (exact) mass is 818 g/mol. The lowest BCUT2D eigenvalue weighted by molar-refractivity contribution is 0.125. The second-order valence-electron chi connectivity index (χ2n) is 20.8. The van der Waals surface area contributed by atoms with E-state index in [-0.39, 0.29) is 27.1 Å². The fourth-order valence-electron chi connectivity index (χ4n) is 11.2. The summed E-state index contributed by atoms with van der Waals surface area (Å²) in [7, 11) is 0. The molecule has 6 aromatic carbocycles. The van der Waals surface area contributed by atoms with Gasteiger partial charge in [-0.15, -0.1) is 0 Å². The van der Waals surface area contributed by atoms with Crippen LogP contribution in [0.25, 0.3) is 78.8 Å².